The van der Waals surface area contributed by atoms with Gasteiger partial charge in [-0.15, -0.1) is 0 Å². The van der Waals surface area contributed by atoms with E-state index in [2.05, 4.69) is 15.0 Å². The minimum Gasteiger partial charge on any atom is -0.392 e. The molecule has 1 atom stereocenters. The molecule has 39 heavy (non-hydrogen) atoms. The van der Waals surface area contributed by atoms with Crippen molar-refractivity contribution in [2.45, 2.75) is 25.7 Å². The van der Waals surface area contributed by atoms with E-state index in [1.54, 1.807) is 12.3 Å². The highest BCUT2D eigenvalue weighted by atomic mass is 35.5. The molecule has 0 radical (unpaired) electrons. The number of aromatic nitrogens is 3. The van der Waals surface area contributed by atoms with Gasteiger partial charge in [0.2, 0.25) is 5.95 Å². The van der Waals surface area contributed by atoms with Gasteiger partial charge in [-0.1, -0.05) is 23.7 Å². The van der Waals surface area contributed by atoms with E-state index in [4.69, 9.17) is 11.6 Å². The number of pyridine rings is 1. The highest BCUT2D eigenvalue weighted by Crippen LogP contribution is 2.37. The van der Waals surface area contributed by atoms with Crippen LogP contribution in [-0.4, -0.2) is 45.7 Å². The van der Waals surface area contributed by atoms with Crippen molar-refractivity contribution in [3.8, 4) is 22.5 Å². The summed E-state index contributed by atoms with van der Waals surface area (Å²) in [6.07, 6.45) is -2.93. The quantitative estimate of drug-likeness (QED) is 0.279. The molecule has 2 aromatic heterocycles. The summed E-state index contributed by atoms with van der Waals surface area (Å²) in [6.45, 7) is 3.36. The molecule has 1 aliphatic heterocycles. The standard InChI is InChI=1S/C27H23ClF5N5O/c1-15-13-37(25-20(28)10-16(14-39)12-34-25)8-9-38(15)26-35-23(17-2-5-19(6-3-17)27(31,32)33)24(36-26)18-4-7-21(29)22(30)11-18/h2-7,10-12,15,39H,8-9,13-14H2,1H3,(H,35,36). The van der Waals surface area contributed by atoms with Gasteiger partial charge >= 0.3 is 6.18 Å². The SMILES string of the molecule is CC1CN(c2ncc(CO)cc2Cl)CCN1c1nc(-c2ccc(F)c(F)c2)c(-c2ccc(C(F)(F)F)cc2)[nH]1. The Morgan fingerprint density at radius 1 is 1.03 bits per heavy atom. The van der Waals surface area contributed by atoms with Gasteiger partial charge in [-0.2, -0.15) is 13.2 Å². The second-order valence-corrected chi connectivity index (χ2v) is 9.69. The Labute approximate surface area is 225 Å². The van der Waals surface area contributed by atoms with Crippen LogP contribution in [0.3, 0.4) is 0 Å². The van der Waals surface area contributed by atoms with Crippen LogP contribution < -0.4 is 9.80 Å². The van der Waals surface area contributed by atoms with E-state index < -0.39 is 23.4 Å². The summed E-state index contributed by atoms with van der Waals surface area (Å²) in [4.78, 5) is 16.3. The Balaban J connectivity index is 1.48. The van der Waals surface area contributed by atoms with E-state index in [0.29, 0.717) is 53.2 Å². The third kappa shape index (κ3) is 5.41. The van der Waals surface area contributed by atoms with Crippen molar-refractivity contribution < 1.29 is 27.1 Å². The first-order valence-corrected chi connectivity index (χ1v) is 12.4. The molecule has 1 unspecified atom stereocenters. The fourth-order valence-electron chi connectivity index (χ4n) is 4.64. The van der Waals surface area contributed by atoms with Crippen LogP contribution in [0.15, 0.2) is 54.7 Å². The lowest BCUT2D eigenvalue weighted by Crippen LogP contribution is -2.52. The minimum absolute atomic E-state index is 0.0986. The Morgan fingerprint density at radius 3 is 2.36 bits per heavy atom. The van der Waals surface area contributed by atoms with Crippen molar-refractivity contribution in [2.75, 3.05) is 29.4 Å². The lowest BCUT2D eigenvalue weighted by atomic mass is 10.0. The first-order chi connectivity index (χ1) is 18.5. The van der Waals surface area contributed by atoms with Crippen LogP contribution in [0.4, 0.5) is 33.7 Å². The number of nitrogens with zero attached hydrogens (tertiary/aromatic N) is 4. The van der Waals surface area contributed by atoms with E-state index in [0.717, 1.165) is 24.3 Å². The second-order valence-electron chi connectivity index (χ2n) is 9.28. The van der Waals surface area contributed by atoms with Crippen molar-refractivity contribution >= 4 is 23.4 Å². The zero-order valence-corrected chi connectivity index (χ0v) is 21.4. The van der Waals surface area contributed by atoms with Crippen molar-refractivity contribution in [3.05, 3.63) is 82.5 Å². The molecule has 4 aromatic rings. The summed E-state index contributed by atoms with van der Waals surface area (Å²) >= 11 is 6.39. The van der Waals surface area contributed by atoms with E-state index in [-0.39, 0.29) is 23.9 Å². The molecule has 12 heteroatoms. The van der Waals surface area contributed by atoms with E-state index in [9.17, 15) is 27.1 Å². The maximum atomic E-state index is 14.1. The Kier molecular flexibility index (Phi) is 7.21. The van der Waals surface area contributed by atoms with Gasteiger partial charge in [0, 0.05) is 43.0 Å². The van der Waals surface area contributed by atoms with Crippen molar-refractivity contribution in [1.29, 1.82) is 0 Å². The third-order valence-electron chi connectivity index (χ3n) is 6.65. The topological polar surface area (TPSA) is 68.3 Å². The van der Waals surface area contributed by atoms with E-state index in [1.165, 1.54) is 18.2 Å². The zero-order chi connectivity index (χ0) is 27.9. The zero-order valence-electron chi connectivity index (χ0n) is 20.6. The van der Waals surface area contributed by atoms with Gasteiger partial charge in [-0.3, -0.25) is 0 Å². The molecule has 3 heterocycles. The molecule has 0 bridgehead atoms. The third-order valence-corrected chi connectivity index (χ3v) is 6.92. The molecule has 6 nitrogen and oxygen atoms in total. The van der Waals surface area contributed by atoms with Crippen LogP contribution >= 0.6 is 11.6 Å². The molecule has 0 spiro atoms. The van der Waals surface area contributed by atoms with E-state index >= 15 is 0 Å². The van der Waals surface area contributed by atoms with Gasteiger partial charge in [0.25, 0.3) is 0 Å². The molecular formula is C27H23ClF5N5O. The molecule has 0 aliphatic carbocycles. The Morgan fingerprint density at radius 2 is 1.74 bits per heavy atom. The van der Waals surface area contributed by atoms with Crippen LogP contribution in [0.1, 0.15) is 18.1 Å². The maximum Gasteiger partial charge on any atom is 0.416 e. The molecule has 2 N–H and O–H groups in total. The number of anilines is 2. The Hall–Kier alpha value is -3.70. The number of alkyl halides is 3. The van der Waals surface area contributed by atoms with Gasteiger partial charge in [0.15, 0.2) is 11.6 Å². The Bertz CT molecular complexity index is 1490. The number of imidazole rings is 1. The van der Waals surface area contributed by atoms with Crippen LogP contribution in [-0.2, 0) is 12.8 Å². The highest BCUT2D eigenvalue weighted by Gasteiger charge is 2.31. The molecule has 0 amide bonds. The minimum atomic E-state index is -4.49. The van der Waals surface area contributed by atoms with Crippen LogP contribution in [0.5, 0.6) is 0 Å². The average Bonchev–Trinajstić information content (AvgIpc) is 3.35. The van der Waals surface area contributed by atoms with Crippen LogP contribution in [0.2, 0.25) is 5.02 Å². The number of H-pyrrole nitrogens is 1. The summed E-state index contributed by atoms with van der Waals surface area (Å²) in [6, 6.07) is 9.48. The lowest BCUT2D eigenvalue weighted by Gasteiger charge is -2.40. The molecule has 2 aromatic carbocycles. The number of halogens is 6. The molecule has 1 saturated heterocycles. The normalized spacial score (nSPS) is 16.2. The van der Waals surface area contributed by atoms with Crippen LogP contribution in [0.25, 0.3) is 22.5 Å². The number of piperazine rings is 1. The predicted molar refractivity (Wildman–Crippen MR) is 139 cm³/mol. The summed E-state index contributed by atoms with van der Waals surface area (Å²) in [5, 5.41) is 9.74. The first kappa shape index (κ1) is 26.9. The highest BCUT2D eigenvalue weighted by molar-refractivity contribution is 6.33. The molecule has 204 valence electrons. The van der Waals surface area contributed by atoms with Crippen molar-refractivity contribution in [2.24, 2.45) is 0 Å². The average molecular weight is 564 g/mol. The lowest BCUT2D eigenvalue weighted by molar-refractivity contribution is -0.137. The number of nitrogens with one attached hydrogen (secondary N) is 1. The van der Waals surface area contributed by atoms with E-state index in [1.807, 2.05) is 16.7 Å². The second kappa shape index (κ2) is 10.5. The predicted octanol–water partition coefficient (Wildman–Crippen LogP) is 6.30. The van der Waals surface area contributed by atoms with Crippen molar-refractivity contribution in [3.63, 3.8) is 0 Å². The number of aliphatic hydroxyl groups is 1. The smallest absolute Gasteiger partial charge is 0.392 e. The van der Waals surface area contributed by atoms with Gasteiger partial charge in [-0.05, 0) is 48.9 Å². The van der Waals surface area contributed by atoms with Gasteiger partial charge in [0.05, 0.1) is 28.6 Å². The summed E-state index contributed by atoms with van der Waals surface area (Å²) in [7, 11) is 0. The number of hydrogen-bond acceptors (Lipinski definition) is 5. The maximum absolute atomic E-state index is 14.1. The number of aromatic amines is 1. The van der Waals surface area contributed by atoms with Crippen LogP contribution in [0, 0.1) is 11.6 Å². The molecule has 1 fully saturated rings. The number of benzene rings is 2. The van der Waals surface area contributed by atoms with Gasteiger partial charge < -0.3 is 19.9 Å². The van der Waals surface area contributed by atoms with Gasteiger partial charge in [-0.25, -0.2) is 18.7 Å². The number of aliphatic hydroxyl groups excluding tert-OH is 1. The first-order valence-electron chi connectivity index (χ1n) is 12.0. The molecule has 0 saturated carbocycles. The number of hydrogen-bond donors (Lipinski definition) is 2. The number of rotatable bonds is 5. The summed E-state index contributed by atoms with van der Waals surface area (Å²) < 4.78 is 67.1. The largest absolute Gasteiger partial charge is 0.416 e. The fourth-order valence-corrected chi connectivity index (χ4v) is 4.95. The monoisotopic (exact) mass is 563 g/mol. The van der Waals surface area contributed by atoms with Crippen molar-refractivity contribution in [1.82, 2.24) is 15.0 Å². The van der Waals surface area contributed by atoms with Gasteiger partial charge in [0.1, 0.15) is 5.82 Å². The summed E-state index contributed by atoms with van der Waals surface area (Å²) in [5.41, 5.74) is 1.15. The fraction of sp³-hybridized carbons (Fsp3) is 0.259. The summed E-state index contributed by atoms with van der Waals surface area (Å²) in [5.74, 6) is -1.05. The molecule has 5 rings (SSSR count). The molecular weight excluding hydrogens is 541 g/mol. The molecule has 1 aliphatic rings.